The van der Waals surface area contributed by atoms with E-state index in [1.807, 2.05) is 66.1 Å². The number of nitrogens with two attached hydrogens (primary N) is 1. The number of aromatic nitrogens is 5. The number of para-hydroxylation sites is 1. The molecular formula is C24H24N6O4S. The lowest BCUT2D eigenvalue weighted by molar-refractivity contribution is 0.102. The summed E-state index contributed by atoms with van der Waals surface area (Å²) in [6.45, 7) is 2.16. The van der Waals surface area contributed by atoms with Crippen LogP contribution in [0.5, 0.6) is 5.75 Å². The molecule has 180 valence electrons. The molecule has 4 rings (SSSR count). The Bertz CT molecular complexity index is 1460. The third-order valence-electron chi connectivity index (χ3n) is 5.29. The Morgan fingerprint density at radius 1 is 1.09 bits per heavy atom. The van der Waals surface area contributed by atoms with Gasteiger partial charge in [0.15, 0.2) is 16.8 Å². The van der Waals surface area contributed by atoms with Gasteiger partial charge in [-0.2, -0.15) is 0 Å². The number of hydrogen-bond acceptors (Lipinski definition) is 8. The van der Waals surface area contributed by atoms with Crippen LogP contribution in [0, 0.1) is 0 Å². The summed E-state index contributed by atoms with van der Waals surface area (Å²) in [6, 6.07) is 16.9. The highest BCUT2D eigenvalue weighted by molar-refractivity contribution is 7.99. The number of Topliss-reactive ketones (excluding diaryl/α,β-unsaturated/α-hetero) is 1. The number of carbonyl (C=O) groups excluding carboxylic acids is 1. The Hall–Kier alpha value is -4.12. The van der Waals surface area contributed by atoms with Crippen molar-refractivity contribution in [3.05, 3.63) is 81.0 Å². The molecule has 0 aliphatic carbocycles. The normalized spacial score (nSPS) is 10.9. The molecular weight excluding hydrogens is 468 g/mol. The number of methoxy groups -OCH3 is 1. The molecule has 0 aliphatic heterocycles. The molecule has 0 spiro atoms. The predicted octanol–water partition coefficient (Wildman–Crippen LogP) is 2.76. The second-order valence-corrected chi connectivity index (χ2v) is 8.53. The van der Waals surface area contributed by atoms with E-state index in [4.69, 9.17) is 10.5 Å². The minimum Gasteiger partial charge on any atom is -0.497 e. The van der Waals surface area contributed by atoms with Gasteiger partial charge in [0.05, 0.1) is 12.9 Å². The van der Waals surface area contributed by atoms with Crippen LogP contribution >= 0.6 is 11.8 Å². The minimum absolute atomic E-state index is 0.120. The van der Waals surface area contributed by atoms with E-state index in [1.165, 1.54) is 4.57 Å². The number of thioether (sulfide) groups is 1. The number of carbonyl (C=O) groups is 1. The lowest BCUT2D eigenvalue weighted by atomic mass is 10.2. The molecule has 4 aromatic rings. The first kappa shape index (κ1) is 24.0. The van der Waals surface area contributed by atoms with Gasteiger partial charge in [0, 0.05) is 17.8 Å². The quantitative estimate of drug-likeness (QED) is 0.269. The topological polar surface area (TPSA) is 138 Å². The van der Waals surface area contributed by atoms with Gasteiger partial charge < -0.3 is 10.5 Å². The van der Waals surface area contributed by atoms with Crippen LogP contribution in [-0.4, -0.2) is 43.0 Å². The van der Waals surface area contributed by atoms with E-state index in [-0.39, 0.29) is 17.1 Å². The first-order valence-corrected chi connectivity index (χ1v) is 11.9. The number of aromatic amines is 1. The lowest BCUT2D eigenvalue weighted by Gasteiger charge is -2.12. The fourth-order valence-electron chi connectivity index (χ4n) is 3.61. The minimum atomic E-state index is -0.797. The predicted molar refractivity (Wildman–Crippen MR) is 134 cm³/mol. The monoisotopic (exact) mass is 492 g/mol. The standard InChI is InChI=1S/C24H24N6O4S/c1-3-13-29-20(25)19(22(32)26-23(29)33)18(31)14-35-24-28-27-21(15-9-11-17(34-2)12-10-15)30(24)16-7-5-4-6-8-16/h4-12H,3,13-14,25H2,1-2H3,(H,26,32,33). The average molecular weight is 493 g/mol. The van der Waals surface area contributed by atoms with Crippen LogP contribution < -0.4 is 21.7 Å². The highest BCUT2D eigenvalue weighted by Gasteiger charge is 2.22. The van der Waals surface area contributed by atoms with Crippen LogP contribution in [0.2, 0.25) is 0 Å². The van der Waals surface area contributed by atoms with E-state index in [9.17, 15) is 14.4 Å². The summed E-state index contributed by atoms with van der Waals surface area (Å²) in [5, 5.41) is 9.12. The van der Waals surface area contributed by atoms with Gasteiger partial charge in [-0.25, -0.2) is 4.79 Å². The third kappa shape index (κ3) is 4.90. The van der Waals surface area contributed by atoms with Crippen LogP contribution in [0.3, 0.4) is 0 Å². The van der Waals surface area contributed by atoms with Gasteiger partial charge in [-0.3, -0.25) is 23.7 Å². The van der Waals surface area contributed by atoms with E-state index in [2.05, 4.69) is 15.2 Å². The van der Waals surface area contributed by atoms with Crippen molar-refractivity contribution in [1.29, 1.82) is 0 Å². The zero-order valence-electron chi connectivity index (χ0n) is 19.2. The van der Waals surface area contributed by atoms with Crippen molar-refractivity contribution < 1.29 is 9.53 Å². The molecule has 11 heteroatoms. The van der Waals surface area contributed by atoms with Crippen molar-refractivity contribution in [1.82, 2.24) is 24.3 Å². The Kier molecular flexibility index (Phi) is 7.16. The molecule has 0 fully saturated rings. The molecule has 0 atom stereocenters. The van der Waals surface area contributed by atoms with Crippen LogP contribution in [0.4, 0.5) is 5.82 Å². The third-order valence-corrected chi connectivity index (χ3v) is 6.22. The molecule has 0 amide bonds. The summed E-state index contributed by atoms with van der Waals surface area (Å²) in [5.41, 5.74) is 6.00. The molecule has 35 heavy (non-hydrogen) atoms. The van der Waals surface area contributed by atoms with E-state index in [0.29, 0.717) is 29.7 Å². The fourth-order valence-corrected chi connectivity index (χ4v) is 4.43. The largest absolute Gasteiger partial charge is 0.497 e. The molecule has 0 radical (unpaired) electrons. The van der Waals surface area contributed by atoms with Gasteiger partial charge in [0.2, 0.25) is 0 Å². The van der Waals surface area contributed by atoms with Crippen molar-refractivity contribution in [2.75, 3.05) is 18.6 Å². The second kappa shape index (κ2) is 10.4. The summed E-state index contributed by atoms with van der Waals surface area (Å²) in [6.07, 6.45) is 0.618. The molecule has 0 saturated carbocycles. The van der Waals surface area contributed by atoms with Gasteiger partial charge in [0.25, 0.3) is 5.56 Å². The van der Waals surface area contributed by atoms with Gasteiger partial charge in [-0.15, -0.1) is 10.2 Å². The first-order valence-electron chi connectivity index (χ1n) is 10.9. The Labute approximate surface area is 204 Å². The second-order valence-electron chi connectivity index (χ2n) is 7.59. The molecule has 0 saturated heterocycles. The van der Waals surface area contributed by atoms with Crippen LogP contribution in [0.25, 0.3) is 17.1 Å². The number of rotatable bonds is 9. The van der Waals surface area contributed by atoms with Gasteiger partial charge in [-0.1, -0.05) is 36.9 Å². The van der Waals surface area contributed by atoms with Crippen molar-refractivity contribution >= 4 is 23.4 Å². The molecule has 0 bridgehead atoms. The van der Waals surface area contributed by atoms with Gasteiger partial charge >= 0.3 is 5.69 Å². The maximum Gasteiger partial charge on any atom is 0.329 e. The number of hydrogen-bond donors (Lipinski definition) is 2. The van der Waals surface area contributed by atoms with Crippen molar-refractivity contribution in [2.24, 2.45) is 0 Å². The van der Waals surface area contributed by atoms with E-state index < -0.39 is 17.0 Å². The molecule has 2 aromatic heterocycles. The molecule has 10 nitrogen and oxygen atoms in total. The van der Waals surface area contributed by atoms with E-state index >= 15 is 0 Å². The smallest absolute Gasteiger partial charge is 0.329 e. The Morgan fingerprint density at radius 2 is 1.80 bits per heavy atom. The number of ether oxygens (including phenoxy) is 1. The summed E-state index contributed by atoms with van der Waals surface area (Å²) in [4.78, 5) is 39.6. The number of ketones is 1. The lowest BCUT2D eigenvalue weighted by Crippen LogP contribution is -2.36. The van der Waals surface area contributed by atoms with E-state index in [0.717, 1.165) is 23.0 Å². The zero-order chi connectivity index (χ0) is 24.9. The van der Waals surface area contributed by atoms with Gasteiger partial charge in [-0.05, 0) is 42.8 Å². The number of benzene rings is 2. The molecule has 3 N–H and O–H groups in total. The fraction of sp³-hybridized carbons (Fsp3) is 0.208. The SMILES string of the molecule is CCCn1c(N)c(C(=O)CSc2nnc(-c3ccc(OC)cc3)n2-c2ccccc2)c(=O)[nH]c1=O. The average Bonchev–Trinajstić information content (AvgIpc) is 3.29. The summed E-state index contributed by atoms with van der Waals surface area (Å²) in [5.74, 6) is 0.544. The van der Waals surface area contributed by atoms with Gasteiger partial charge in [0.1, 0.15) is 17.1 Å². The zero-order valence-corrected chi connectivity index (χ0v) is 20.0. The maximum atomic E-state index is 13.0. The van der Waals surface area contributed by atoms with Crippen molar-refractivity contribution in [3.63, 3.8) is 0 Å². The highest BCUT2D eigenvalue weighted by atomic mass is 32.2. The first-order chi connectivity index (χ1) is 16.9. The summed E-state index contributed by atoms with van der Waals surface area (Å²) < 4.78 is 8.28. The number of H-pyrrole nitrogens is 1. The van der Waals surface area contributed by atoms with Crippen LogP contribution in [0.15, 0.2) is 69.3 Å². The number of nitrogens with zero attached hydrogens (tertiary/aromatic N) is 4. The number of nitrogen functional groups attached to an aromatic ring is 1. The summed E-state index contributed by atoms with van der Waals surface area (Å²) >= 11 is 1.13. The molecule has 0 unspecified atom stereocenters. The molecule has 2 aromatic carbocycles. The van der Waals surface area contributed by atoms with Crippen LogP contribution in [0.1, 0.15) is 23.7 Å². The Balaban J connectivity index is 1.68. The van der Waals surface area contributed by atoms with Crippen LogP contribution in [-0.2, 0) is 6.54 Å². The molecule has 2 heterocycles. The van der Waals surface area contributed by atoms with Crippen molar-refractivity contribution in [2.45, 2.75) is 25.0 Å². The van der Waals surface area contributed by atoms with E-state index in [1.54, 1.807) is 7.11 Å². The Morgan fingerprint density at radius 3 is 2.46 bits per heavy atom. The maximum absolute atomic E-state index is 13.0. The highest BCUT2D eigenvalue weighted by Crippen LogP contribution is 2.29. The number of nitrogens with one attached hydrogen (secondary N) is 1. The molecule has 0 aliphatic rings. The summed E-state index contributed by atoms with van der Waals surface area (Å²) in [7, 11) is 1.60. The van der Waals surface area contributed by atoms with Crippen molar-refractivity contribution in [3.8, 4) is 22.8 Å². The number of anilines is 1.